The molecule has 2 amide bonds. The number of hydrogen-bond donors (Lipinski definition) is 1. The Kier molecular flexibility index (Phi) is 5.10. The fraction of sp³-hybridized carbons (Fsp3) is 0.500. The molecule has 144 valence electrons. The van der Waals surface area contributed by atoms with Crippen LogP contribution in [0.2, 0.25) is 5.02 Å². The Bertz CT molecular complexity index is 791. The summed E-state index contributed by atoms with van der Waals surface area (Å²) >= 11 is 5.93. The van der Waals surface area contributed by atoms with Crippen molar-refractivity contribution in [3.63, 3.8) is 0 Å². The molecule has 1 aliphatic carbocycles. The first kappa shape index (κ1) is 18.3. The van der Waals surface area contributed by atoms with Gasteiger partial charge in [-0.3, -0.25) is 4.90 Å². The number of aryl methyl sites for hydroxylation is 1. The molecule has 1 aliphatic heterocycles. The van der Waals surface area contributed by atoms with E-state index in [1.165, 1.54) is 12.8 Å². The fourth-order valence-corrected chi connectivity index (χ4v) is 4.10. The van der Waals surface area contributed by atoms with Crippen LogP contribution in [0, 0.1) is 18.3 Å². The molecule has 0 atom stereocenters. The SMILES string of the molecule is Cc1nocc1N(CC1CCC2(CC1)COC2)C(=O)Nc1ccc(Cl)cc1. The molecular weight excluding hydrogens is 366 g/mol. The van der Waals surface area contributed by atoms with E-state index in [1.807, 2.05) is 6.92 Å². The average Bonchev–Trinajstić information content (AvgIpc) is 3.06. The van der Waals surface area contributed by atoms with Crippen molar-refractivity contribution < 1.29 is 14.1 Å². The topological polar surface area (TPSA) is 67.6 Å². The quantitative estimate of drug-likeness (QED) is 0.809. The van der Waals surface area contributed by atoms with Crippen LogP contribution in [0.15, 0.2) is 35.1 Å². The van der Waals surface area contributed by atoms with Gasteiger partial charge in [-0.25, -0.2) is 4.79 Å². The zero-order chi connectivity index (χ0) is 18.9. The summed E-state index contributed by atoms with van der Waals surface area (Å²) in [6.45, 7) is 4.29. The van der Waals surface area contributed by atoms with Gasteiger partial charge in [0.05, 0.1) is 13.2 Å². The average molecular weight is 390 g/mol. The Labute approximate surface area is 163 Å². The van der Waals surface area contributed by atoms with E-state index in [4.69, 9.17) is 20.9 Å². The van der Waals surface area contributed by atoms with E-state index < -0.39 is 0 Å². The number of anilines is 2. The Morgan fingerprint density at radius 1 is 1.30 bits per heavy atom. The number of hydrogen-bond acceptors (Lipinski definition) is 4. The highest BCUT2D eigenvalue weighted by Gasteiger charge is 2.42. The predicted octanol–water partition coefficient (Wildman–Crippen LogP) is 4.88. The smallest absolute Gasteiger partial charge is 0.326 e. The highest BCUT2D eigenvalue weighted by molar-refractivity contribution is 6.30. The highest BCUT2D eigenvalue weighted by atomic mass is 35.5. The Morgan fingerprint density at radius 2 is 2.00 bits per heavy atom. The van der Waals surface area contributed by atoms with Gasteiger partial charge in [0, 0.05) is 22.7 Å². The van der Waals surface area contributed by atoms with Crippen LogP contribution in [0.3, 0.4) is 0 Å². The maximum atomic E-state index is 13.0. The molecular formula is C20H24ClN3O3. The largest absolute Gasteiger partial charge is 0.380 e. The second kappa shape index (κ2) is 7.52. The molecule has 1 spiro atoms. The molecule has 1 aromatic carbocycles. The molecule has 4 rings (SSSR count). The Hall–Kier alpha value is -2.05. The van der Waals surface area contributed by atoms with E-state index in [2.05, 4.69) is 10.5 Å². The molecule has 1 aromatic heterocycles. The summed E-state index contributed by atoms with van der Waals surface area (Å²) < 4.78 is 10.5. The third-order valence-electron chi connectivity index (χ3n) is 5.78. The van der Waals surface area contributed by atoms with Crippen molar-refractivity contribution in [2.75, 3.05) is 30.0 Å². The zero-order valence-corrected chi connectivity index (χ0v) is 16.2. The Balaban J connectivity index is 1.46. The fourth-order valence-electron chi connectivity index (χ4n) is 3.97. The van der Waals surface area contributed by atoms with E-state index in [0.29, 0.717) is 40.0 Å². The van der Waals surface area contributed by atoms with Crippen LogP contribution in [0.5, 0.6) is 0 Å². The molecule has 2 aromatic rings. The number of rotatable bonds is 4. The van der Waals surface area contributed by atoms with Crippen LogP contribution in [0.4, 0.5) is 16.2 Å². The zero-order valence-electron chi connectivity index (χ0n) is 15.4. The number of ether oxygens (including phenoxy) is 1. The van der Waals surface area contributed by atoms with Crippen molar-refractivity contribution in [1.29, 1.82) is 0 Å². The van der Waals surface area contributed by atoms with Crippen LogP contribution < -0.4 is 10.2 Å². The second-order valence-electron chi connectivity index (χ2n) is 7.77. The monoisotopic (exact) mass is 389 g/mol. The molecule has 0 bridgehead atoms. The van der Waals surface area contributed by atoms with Crippen LogP contribution in [-0.4, -0.2) is 30.9 Å². The summed E-state index contributed by atoms with van der Waals surface area (Å²) in [6.07, 6.45) is 6.11. The third-order valence-corrected chi connectivity index (χ3v) is 6.03. The first-order valence-corrected chi connectivity index (χ1v) is 9.75. The van der Waals surface area contributed by atoms with Gasteiger partial charge in [-0.2, -0.15) is 0 Å². The molecule has 2 aliphatic rings. The van der Waals surface area contributed by atoms with Crippen LogP contribution >= 0.6 is 11.6 Å². The molecule has 0 unspecified atom stereocenters. The predicted molar refractivity (Wildman–Crippen MR) is 104 cm³/mol. The van der Waals surface area contributed by atoms with E-state index in [0.717, 1.165) is 26.1 Å². The van der Waals surface area contributed by atoms with Gasteiger partial charge in [0.15, 0.2) is 0 Å². The minimum atomic E-state index is -0.184. The van der Waals surface area contributed by atoms with E-state index >= 15 is 0 Å². The first-order chi connectivity index (χ1) is 13.0. The minimum absolute atomic E-state index is 0.184. The maximum absolute atomic E-state index is 13.0. The molecule has 0 radical (unpaired) electrons. The van der Waals surface area contributed by atoms with Crippen molar-refractivity contribution in [1.82, 2.24) is 5.16 Å². The number of halogens is 1. The standard InChI is InChI=1S/C20H24ClN3O3/c1-14-18(11-27-23-14)24(19(25)22-17-4-2-16(21)3-5-17)10-15-6-8-20(9-7-15)12-26-13-20/h2-5,11,15H,6-10,12-13H2,1H3,(H,22,25). The van der Waals surface area contributed by atoms with Crippen molar-refractivity contribution in [3.05, 3.63) is 41.2 Å². The van der Waals surface area contributed by atoms with Crippen LogP contribution in [-0.2, 0) is 4.74 Å². The number of amides is 2. The van der Waals surface area contributed by atoms with Crippen LogP contribution in [0.1, 0.15) is 31.4 Å². The number of carbonyl (C=O) groups excluding carboxylic acids is 1. The molecule has 7 heteroatoms. The van der Waals surface area contributed by atoms with Crippen molar-refractivity contribution in [2.45, 2.75) is 32.6 Å². The summed E-state index contributed by atoms with van der Waals surface area (Å²) in [5.74, 6) is 0.460. The molecule has 2 fully saturated rings. The maximum Gasteiger partial charge on any atom is 0.326 e. The van der Waals surface area contributed by atoms with E-state index in [-0.39, 0.29) is 6.03 Å². The summed E-state index contributed by atoms with van der Waals surface area (Å²) in [5, 5.41) is 7.53. The van der Waals surface area contributed by atoms with Gasteiger partial charge in [0.2, 0.25) is 0 Å². The number of aromatic nitrogens is 1. The molecule has 27 heavy (non-hydrogen) atoms. The molecule has 2 heterocycles. The molecule has 1 saturated heterocycles. The first-order valence-electron chi connectivity index (χ1n) is 9.37. The normalized spacial score (nSPS) is 18.9. The molecule has 6 nitrogen and oxygen atoms in total. The summed E-state index contributed by atoms with van der Waals surface area (Å²) in [4.78, 5) is 14.8. The number of nitrogens with zero attached hydrogens (tertiary/aromatic N) is 2. The number of carbonyl (C=O) groups is 1. The lowest BCUT2D eigenvalue weighted by Crippen LogP contribution is -2.47. The summed E-state index contributed by atoms with van der Waals surface area (Å²) in [7, 11) is 0. The second-order valence-corrected chi connectivity index (χ2v) is 8.21. The highest BCUT2D eigenvalue weighted by Crippen LogP contribution is 2.44. The van der Waals surface area contributed by atoms with Gasteiger partial charge in [-0.15, -0.1) is 0 Å². The Morgan fingerprint density at radius 3 is 2.56 bits per heavy atom. The number of benzene rings is 1. The van der Waals surface area contributed by atoms with Gasteiger partial charge in [0.25, 0.3) is 0 Å². The number of nitrogens with one attached hydrogen (secondary N) is 1. The van der Waals surface area contributed by atoms with Gasteiger partial charge >= 0.3 is 6.03 Å². The lowest BCUT2D eigenvalue weighted by Gasteiger charge is -2.46. The van der Waals surface area contributed by atoms with E-state index in [1.54, 1.807) is 35.4 Å². The summed E-state index contributed by atoms with van der Waals surface area (Å²) in [5.41, 5.74) is 2.53. The van der Waals surface area contributed by atoms with Crippen molar-refractivity contribution in [2.24, 2.45) is 11.3 Å². The van der Waals surface area contributed by atoms with Gasteiger partial charge in [-0.05, 0) is 62.8 Å². The van der Waals surface area contributed by atoms with Gasteiger partial charge < -0.3 is 14.6 Å². The third kappa shape index (κ3) is 3.96. The van der Waals surface area contributed by atoms with Crippen LogP contribution in [0.25, 0.3) is 0 Å². The molecule has 1 saturated carbocycles. The van der Waals surface area contributed by atoms with E-state index in [9.17, 15) is 4.79 Å². The van der Waals surface area contributed by atoms with Gasteiger partial charge in [-0.1, -0.05) is 16.8 Å². The minimum Gasteiger partial charge on any atom is -0.380 e. The molecule has 1 N–H and O–H groups in total. The number of urea groups is 1. The summed E-state index contributed by atoms with van der Waals surface area (Å²) in [6, 6.07) is 6.91. The van der Waals surface area contributed by atoms with Crippen molar-refractivity contribution >= 4 is 29.0 Å². The van der Waals surface area contributed by atoms with Gasteiger partial charge in [0.1, 0.15) is 17.6 Å². The lowest BCUT2D eigenvalue weighted by atomic mass is 9.69. The lowest BCUT2D eigenvalue weighted by molar-refractivity contribution is -0.135. The van der Waals surface area contributed by atoms with Crippen molar-refractivity contribution in [3.8, 4) is 0 Å².